The number of hydrogen-bond acceptors (Lipinski definition) is 3. The second-order valence-electron chi connectivity index (χ2n) is 5.22. The molecule has 1 fully saturated rings. The van der Waals surface area contributed by atoms with Crippen molar-refractivity contribution in [2.45, 2.75) is 49.6 Å². The Labute approximate surface area is 119 Å². The summed E-state index contributed by atoms with van der Waals surface area (Å²) < 4.78 is 39.9. The Morgan fingerprint density at radius 2 is 1.95 bits per heavy atom. The van der Waals surface area contributed by atoms with Gasteiger partial charge in [-0.05, 0) is 30.5 Å². The van der Waals surface area contributed by atoms with Gasteiger partial charge in [-0.2, -0.15) is 4.31 Å². The molecular weight excluding hydrogens is 281 g/mol. The molecule has 112 valence electrons. The average Bonchev–Trinajstić information content (AvgIpc) is 2.47. The summed E-state index contributed by atoms with van der Waals surface area (Å²) in [5.41, 5.74) is 0.231. The number of halogens is 1. The molecule has 1 N–H and O–H groups in total. The lowest BCUT2D eigenvalue weighted by molar-refractivity contribution is 0.273. The van der Waals surface area contributed by atoms with Crippen molar-refractivity contribution in [3.8, 4) is 0 Å². The van der Waals surface area contributed by atoms with E-state index in [0.29, 0.717) is 0 Å². The third-order valence-electron chi connectivity index (χ3n) is 3.95. The summed E-state index contributed by atoms with van der Waals surface area (Å²) in [6, 6.07) is 3.42. The topological polar surface area (TPSA) is 57.6 Å². The van der Waals surface area contributed by atoms with Crippen LogP contribution in [0.15, 0.2) is 23.1 Å². The van der Waals surface area contributed by atoms with Crippen LogP contribution in [0.5, 0.6) is 0 Å². The molecule has 0 atom stereocenters. The molecule has 1 aliphatic rings. The highest BCUT2D eigenvalue weighted by Crippen LogP contribution is 2.28. The molecule has 0 aliphatic heterocycles. The maximum atomic E-state index is 13.4. The second-order valence-corrected chi connectivity index (χ2v) is 7.19. The third kappa shape index (κ3) is 3.02. The predicted octanol–water partition coefficient (Wildman–Crippen LogP) is 2.27. The van der Waals surface area contributed by atoms with Crippen molar-refractivity contribution in [1.82, 2.24) is 4.31 Å². The van der Waals surface area contributed by atoms with Gasteiger partial charge in [0, 0.05) is 13.1 Å². The van der Waals surface area contributed by atoms with E-state index in [4.69, 9.17) is 0 Å². The lowest BCUT2D eigenvalue weighted by atomic mass is 9.96. The van der Waals surface area contributed by atoms with Crippen LogP contribution in [0.25, 0.3) is 0 Å². The summed E-state index contributed by atoms with van der Waals surface area (Å²) in [7, 11) is -2.23. The monoisotopic (exact) mass is 301 g/mol. The Kier molecular flexibility index (Phi) is 4.78. The first kappa shape index (κ1) is 15.4. The summed E-state index contributed by atoms with van der Waals surface area (Å²) in [5.74, 6) is -0.613. The van der Waals surface area contributed by atoms with Crippen LogP contribution in [-0.4, -0.2) is 30.9 Å². The fraction of sp³-hybridized carbons (Fsp3) is 0.571. The van der Waals surface area contributed by atoms with Crippen LogP contribution in [0.3, 0.4) is 0 Å². The standard InChI is InChI=1S/C14H20FNO3S/c1-16(13-5-3-2-4-6-13)20(18,19)14-9-12(15)8-7-11(14)10-17/h7-9,13,17H,2-6,10H2,1H3. The fourth-order valence-electron chi connectivity index (χ4n) is 2.70. The zero-order chi connectivity index (χ0) is 14.8. The molecule has 6 heteroatoms. The molecule has 1 saturated carbocycles. The molecule has 0 unspecified atom stereocenters. The summed E-state index contributed by atoms with van der Waals surface area (Å²) in [5, 5.41) is 9.26. The van der Waals surface area contributed by atoms with Crippen molar-refractivity contribution < 1.29 is 17.9 Å². The highest BCUT2D eigenvalue weighted by atomic mass is 32.2. The van der Waals surface area contributed by atoms with E-state index in [-0.39, 0.29) is 16.5 Å². The van der Waals surface area contributed by atoms with Crippen LogP contribution >= 0.6 is 0 Å². The molecule has 0 radical (unpaired) electrons. The number of benzene rings is 1. The van der Waals surface area contributed by atoms with Crippen molar-refractivity contribution >= 4 is 10.0 Å². The maximum absolute atomic E-state index is 13.4. The van der Waals surface area contributed by atoms with Gasteiger partial charge in [0.15, 0.2) is 0 Å². The van der Waals surface area contributed by atoms with E-state index >= 15 is 0 Å². The minimum absolute atomic E-state index is 0.0384. The summed E-state index contributed by atoms with van der Waals surface area (Å²) in [6.45, 7) is -0.423. The van der Waals surface area contributed by atoms with E-state index in [9.17, 15) is 17.9 Å². The Morgan fingerprint density at radius 1 is 1.30 bits per heavy atom. The molecule has 1 aliphatic carbocycles. The van der Waals surface area contributed by atoms with Crippen molar-refractivity contribution in [2.75, 3.05) is 7.05 Å². The molecule has 1 aromatic rings. The fourth-order valence-corrected chi connectivity index (χ4v) is 4.33. The van der Waals surface area contributed by atoms with Gasteiger partial charge in [0.05, 0.1) is 11.5 Å². The van der Waals surface area contributed by atoms with Crippen LogP contribution in [0.4, 0.5) is 4.39 Å². The van der Waals surface area contributed by atoms with Gasteiger partial charge >= 0.3 is 0 Å². The number of aliphatic hydroxyl groups is 1. The Hall–Kier alpha value is -0.980. The van der Waals surface area contributed by atoms with Crippen molar-refractivity contribution in [1.29, 1.82) is 0 Å². The van der Waals surface area contributed by atoms with Gasteiger partial charge in [-0.25, -0.2) is 12.8 Å². The van der Waals surface area contributed by atoms with Crippen LogP contribution in [-0.2, 0) is 16.6 Å². The molecule has 4 nitrogen and oxygen atoms in total. The quantitative estimate of drug-likeness (QED) is 0.928. The number of hydrogen-bond donors (Lipinski definition) is 1. The lowest BCUT2D eigenvalue weighted by Crippen LogP contribution is -2.38. The molecular formula is C14H20FNO3S. The second kappa shape index (κ2) is 6.20. The van der Waals surface area contributed by atoms with Crippen molar-refractivity contribution in [3.05, 3.63) is 29.6 Å². The first-order chi connectivity index (χ1) is 9.46. The van der Waals surface area contributed by atoms with Gasteiger partial charge in [-0.1, -0.05) is 25.3 Å². The Bertz CT molecular complexity index is 568. The van der Waals surface area contributed by atoms with Gasteiger partial charge in [0.1, 0.15) is 5.82 Å². The average molecular weight is 301 g/mol. The van der Waals surface area contributed by atoms with Crippen LogP contribution < -0.4 is 0 Å². The number of nitrogens with zero attached hydrogens (tertiary/aromatic N) is 1. The van der Waals surface area contributed by atoms with Gasteiger partial charge in [-0.15, -0.1) is 0 Å². The van der Waals surface area contributed by atoms with Gasteiger partial charge in [0.25, 0.3) is 0 Å². The highest BCUT2D eigenvalue weighted by molar-refractivity contribution is 7.89. The van der Waals surface area contributed by atoms with Gasteiger partial charge in [-0.3, -0.25) is 0 Å². The zero-order valence-corrected chi connectivity index (χ0v) is 12.4. The molecule has 0 heterocycles. The van der Waals surface area contributed by atoms with E-state index in [1.165, 1.54) is 17.4 Å². The van der Waals surface area contributed by atoms with E-state index in [1.807, 2.05) is 0 Å². The SMILES string of the molecule is CN(C1CCCCC1)S(=O)(=O)c1cc(F)ccc1CO. The van der Waals surface area contributed by atoms with E-state index < -0.39 is 22.4 Å². The number of rotatable bonds is 4. The molecule has 0 amide bonds. The van der Waals surface area contributed by atoms with Gasteiger partial charge in [0.2, 0.25) is 10.0 Å². The van der Waals surface area contributed by atoms with E-state index in [2.05, 4.69) is 0 Å². The van der Waals surface area contributed by atoms with E-state index in [0.717, 1.165) is 44.2 Å². The van der Waals surface area contributed by atoms with E-state index in [1.54, 1.807) is 0 Å². The van der Waals surface area contributed by atoms with Crippen LogP contribution in [0.1, 0.15) is 37.7 Å². The summed E-state index contributed by atoms with van der Waals surface area (Å²) >= 11 is 0. The molecule has 20 heavy (non-hydrogen) atoms. The lowest BCUT2D eigenvalue weighted by Gasteiger charge is -2.30. The van der Waals surface area contributed by atoms with Crippen LogP contribution in [0, 0.1) is 5.82 Å². The molecule has 0 saturated heterocycles. The first-order valence-corrected chi connectivity index (χ1v) is 8.28. The largest absolute Gasteiger partial charge is 0.392 e. The minimum Gasteiger partial charge on any atom is -0.392 e. The summed E-state index contributed by atoms with van der Waals surface area (Å²) in [6.07, 6.45) is 4.83. The third-order valence-corrected chi connectivity index (χ3v) is 5.94. The summed E-state index contributed by atoms with van der Waals surface area (Å²) in [4.78, 5) is -0.131. The smallest absolute Gasteiger partial charge is 0.243 e. The molecule has 1 aromatic carbocycles. The maximum Gasteiger partial charge on any atom is 0.243 e. The minimum atomic E-state index is -3.77. The molecule has 0 spiro atoms. The highest BCUT2D eigenvalue weighted by Gasteiger charge is 2.30. The Morgan fingerprint density at radius 3 is 2.55 bits per heavy atom. The molecule has 2 rings (SSSR count). The number of aliphatic hydroxyl groups excluding tert-OH is 1. The molecule has 0 bridgehead atoms. The first-order valence-electron chi connectivity index (χ1n) is 6.84. The van der Waals surface area contributed by atoms with Crippen molar-refractivity contribution in [3.63, 3.8) is 0 Å². The normalized spacial score (nSPS) is 17.6. The predicted molar refractivity (Wildman–Crippen MR) is 74.1 cm³/mol. The zero-order valence-electron chi connectivity index (χ0n) is 11.5. The van der Waals surface area contributed by atoms with Crippen LogP contribution in [0.2, 0.25) is 0 Å². The van der Waals surface area contributed by atoms with Crippen molar-refractivity contribution in [2.24, 2.45) is 0 Å². The Balaban J connectivity index is 2.36. The number of sulfonamides is 1. The van der Waals surface area contributed by atoms with Gasteiger partial charge < -0.3 is 5.11 Å². The molecule has 0 aromatic heterocycles.